The lowest BCUT2D eigenvalue weighted by atomic mass is 10.1. The maximum absolute atomic E-state index is 12.8. The van der Waals surface area contributed by atoms with E-state index in [1.165, 1.54) is 0 Å². The van der Waals surface area contributed by atoms with E-state index in [2.05, 4.69) is 5.32 Å². The van der Waals surface area contributed by atoms with E-state index in [1.54, 1.807) is 11.9 Å². The van der Waals surface area contributed by atoms with E-state index >= 15 is 0 Å². The first kappa shape index (κ1) is 20.0. The van der Waals surface area contributed by atoms with Gasteiger partial charge >= 0.3 is 6.03 Å². The minimum Gasteiger partial charge on any atom is -0.459 e. The zero-order chi connectivity index (χ0) is 21.1. The Morgan fingerprint density at radius 1 is 1.17 bits per heavy atom. The fourth-order valence-corrected chi connectivity index (χ4v) is 3.83. The maximum Gasteiger partial charge on any atom is 0.318 e. The number of carbonyl (C=O) groups is 2. The van der Waals surface area contributed by atoms with Gasteiger partial charge in [-0.25, -0.2) is 4.79 Å². The topological polar surface area (TPSA) is 65.8 Å². The summed E-state index contributed by atoms with van der Waals surface area (Å²) in [6.07, 6.45) is 1.55. The molecule has 1 saturated heterocycles. The SMILES string of the molecule is CC(c1cc2ccccc2o1)N(C)C(=O)NCc1ccccc1CN1CCCC1=O. The molecule has 1 aliphatic rings. The van der Waals surface area contributed by atoms with Crippen molar-refractivity contribution in [1.29, 1.82) is 0 Å². The van der Waals surface area contributed by atoms with Gasteiger partial charge in [-0.15, -0.1) is 0 Å². The summed E-state index contributed by atoms with van der Waals surface area (Å²) >= 11 is 0. The van der Waals surface area contributed by atoms with Crippen molar-refractivity contribution >= 4 is 22.9 Å². The molecule has 1 aliphatic heterocycles. The second kappa shape index (κ2) is 8.61. The summed E-state index contributed by atoms with van der Waals surface area (Å²) in [5.74, 6) is 0.954. The van der Waals surface area contributed by atoms with Gasteiger partial charge in [0.15, 0.2) is 0 Å². The molecule has 0 aliphatic carbocycles. The van der Waals surface area contributed by atoms with Gasteiger partial charge in [-0.05, 0) is 36.6 Å². The molecule has 0 saturated carbocycles. The van der Waals surface area contributed by atoms with Gasteiger partial charge in [0.25, 0.3) is 0 Å². The fraction of sp³-hybridized carbons (Fsp3) is 0.333. The third-order valence-corrected chi connectivity index (χ3v) is 5.84. The molecule has 0 bridgehead atoms. The highest BCUT2D eigenvalue weighted by atomic mass is 16.3. The first-order valence-electron chi connectivity index (χ1n) is 10.4. The van der Waals surface area contributed by atoms with Crippen LogP contribution < -0.4 is 5.32 Å². The van der Waals surface area contributed by atoms with Crippen molar-refractivity contribution < 1.29 is 14.0 Å². The quantitative estimate of drug-likeness (QED) is 0.659. The molecule has 6 heteroatoms. The van der Waals surface area contributed by atoms with Crippen molar-refractivity contribution in [2.75, 3.05) is 13.6 Å². The van der Waals surface area contributed by atoms with Gasteiger partial charge in [0.2, 0.25) is 5.91 Å². The number of likely N-dealkylation sites (tertiary alicyclic amines) is 1. The third kappa shape index (κ3) is 4.17. The van der Waals surface area contributed by atoms with Gasteiger partial charge in [-0.2, -0.15) is 0 Å². The van der Waals surface area contributed by atoms with E-state index in [4.69, 9.17) is 4.42 Å². The minimum absolute atomic E-state index is 0.171. The Morgan fingerprint density at radius 3 is 2.63 bits per heavy atom. The largest absolute Gasteiger partial charge is 0.459 e. The normalized spacial score (nSPS) is 14.9. The molecule has 156 valence electrons. The van der Waals surface area contributed by atoms with Crippen LogP contribution >= 0.6 is 0 Å². The molecule has 6 nitrogen and oxygen atoms in total. The highest BCUT2D eigenvalue weighted by molar-refractivity contribution is 5.79. The van der Waals surface area contributed by atoms with E-state index in [0.29, 0.717) is 19.5 Å². The van der Waals surface area contributed by atoms with Crippen molar-refractivity contribution in [1.82, 2.24) is 15.1 Å². The van der Waals surface area contributed by atoms with Gasteiger partial charge in [-0.1, -0.05) is 42.5 Å². The molecule has 2 heterocycles. The second-order valence-electron chi connectivity index (χ2n) is 7.82. The Bertz CT molecular complexity index is 1030. The first-order valence-corrected chi connectivity index (χ1v) is 10.4. The number of amides is 3. The molecule has 1 unspecified atom stereocenters. The lowest BCUT2D eigenvalue weighted by Gasteiger charge is -2.24. The van der Waals surface area contributed by atoms with Crippen molar-refractivity contribution in [3.63, 3.8) is 0 Å². The number of rotatable bonds is 6. The summed E-state index contributed by atoms with van der Waals surface area (Å²) in [7, 11) is 1.77. The van der Waals surface area contributed by atoms with Crippen LogP contribution in [0.1, 0.15) is 42.7 Å². The number of hydrogen-bond donors (Lipinski definition) is 1. The standard InChI is InChI=1S/C24H27N3O3/c1-17(22-14-18-8-5-6-11-21(18)30-22)26(2)24(29)25-15-19-9-3-4-10-20(19)16-27-13-7-12-23(27)28/h3-6,8-11,14,17H,7,12-13,15-16H2,1-2H3,(H,25,29). The third-order valence-electron chi connectivity index (χ3n) is 5.84. The Labute approximate surface area is 176 Å². The average molecular weight is 405 g/mol. The Balaban J connectivity index is 1.40. The number of para-hydroxylation sites is 1. The summed E-state index contributed by atoms with van der Waals surface area (Å²) in [6, 6.07) is 17.4. The van der Waals surface area contributed by atoms with Crippen LogP contribution in [-0.4, -0.2) is 35.3 Å². The van der Waals surface area contributed by atoms with Crippen LogP contribution in [0.5, 0.6) is 0 Å². The van der Waals surface area contributed by atoms with Crippen LogP contribution in [0.15, 0.2) is 59.0 Å². The molecule has 30 heavy (non-hydrogen) atoms. The van der Waals surface area contributed by atoms with Crippen molar-refractivity contribution in [3.8, 4) is 0 Å². The minimum atomic E-state index is -0.199. The fourth-order valence-electron chi connectivity index (χ4n) is 3.83. The number of urea groups is 1. The predicted molar refractivity (Wildman–Crippen MR) is 116 cm³/mol. The van der Waals surface area contributed by atoms with Gasteiger partial charge in [0, 0.05) is 38.5 Å². The predicted octanol–water partition coefficient (Wildman–Crippen LogP) is 4.46. The molecule has 0 radical (unpaired) electrons. The number of furan rings is 1. The smallest absolute Gasteiger partial charge is 0.318 e. The molecule has 1 N–H and O–H groups in total. The molecule has 3 amide bonds. The van der Waals surface area contributed by atoms with E-state index in [0.717, 1.165) is 40.8 Å². The van der Waals surface area contributed by atoms with Crippen LogP contribution in [0.3, 0.4) is 0 Å². The monoisotopic (exact) mass is 405 g/mol. The van der Waals surface area contributed by atoms with Crippen LogP contribution in [-0.2, 0) is 17.9 Å². The van der Waals surface area contributed by atoms with Crippen molar-refractivity contribution in [3.05, 3.63) is 71.5 Å². The highest BCUT2D eigenvalue weighted by Crippen LogP contribution is 2.26. The molecular formula is C24H27N3O3. The lowest BCUT2D eigenvalue weighted by Crippen LogP contribution is -2.38. The summed E-state index contributed by atoms with van der Waals surface area (Å²) < 4.78 is 5.91. The highest BCUT2D eigenvalue weighted by Gasteiger charge is 2.22. The Kier molecular flexibility index (Phi) is 5.74. The number of benzene rings is 2. The summed E-state index contributed by atoms with van der Waals surface area (Å²) in [5, 5.41) is 4.03. The van der Waals surface area contributed by atoms with Gasteiger partial charge in [-0.3, -0.25) is 4.79 Å². The summed E-state index contributed by atoms with van der Waals surface area (Å²) in [4.78, 5) is 28.3. The van der Waals surface area contributed by atoms with Crippen LogP contribution in [0.25, 0.3) is 11.0 Å². The average Bonchev–Trinajstić information content (AvgIpc) is 3.38. The Hall–Kier alpha value is -3.28. The number of carbonyl (C=O) groups excluding carboxylic acids is 2. The zero-order valence-corrected chi connectivity index (χ0v) is 17.4. The number of fused-ring (bicyclic) bond motifs is 1. The maximum atomic E-state index is 12.8. The van der Waals surface area contributed by atoms with E-state index in [1.807, 2.05) is 66.4 Å². The molecular weight excluding hydrogens is 378 g/mol. The Morgan fingerprint density at radius 2 is 1.90 bits per heavy atom. The van der Waals surface area contributed by atoms with E-state index in [-0.39, 0.29) is 18.0 Å². The second-order valence-corrected chi connectivity index (χ2v) is 7.82. The van der Waals surface area contributed by atoms with Crippen LogP contribution in [0.2, 0.25) is 0 Å². The van der Waals surface area contributed by atoms with Crippen LogP contribution in [0, 0.1) is 0 Å². The van der Waals surface area contributed by atoms with E-state index in [9.17, 15) is 9.59 Å². The van der Waals surface area contributed by atoms with Gasteiger partial charge in [0.05, 0.1) is 6.04 Å². The zero-order valence-electron chi connectivity index (χ0n) is 17.4. The van der Waals surface area contributed by atoms with Crippen molar-refractivity contribution in [2.45, 2.75) is 38.9 Å². The molecule has 0 spiro atoms. The molecule has 1 atom stereocenters. The molecule has 4 rings (SSSR count). The molecule has 1 fully saturated rings. The van der Waals surface area contributed by atoms with Crippen molar-refractivity contribution in [2.24, 2.45) is 0 Å². The van der Waals surface area contributed by atoms with Crippen LogP contribution in [0.4, 0.5) is 4.79 Å². The first-order chi connectivity index (χ1) is 14.5. The summed E-state index contributed by atoms with van der Waals surface area (Å²) in [5.41, 5.74) is 2.91. The number of nitrogens with zero attached hydrogens (tertiary/aromatic N) is 2. The van der Waals surface area contributed by atoms with Gasteiger partial charge in [0.1, 0.15) is 11.3 Å². The van der Waals surface area contributed by atoms with E-state index < -0.39 is 0 Å². The molecule has 2 aromatic carbocycles. The van der Waals surface area contributed by atoms with Gasteiger partial charge < -0.3 is 19.5 Å². The number of nitrogens with one attached hydrogen (secondary N) is 1. The molecule has 1 aromatic heterocycles. The lowest BCUT2D eigenvalue weighted by molar-refractivity contribution is -0.128. The number of hydrogen-bond acceptors (Lipinski definition) is 3. The molecule has 3 aromatic rings. The summed E-state index contributed by atoms with van der Waals surface area (Å²) in [6.45, 7) is 3.76.